The molecule has 1 aromatic carbocycles. The number of carbonyl (C=O) groups excluding carboxylic acids is 1. The van der Waals surface area contributed by atoms with Crippen molar-refractivity contribution in [2.75, 3.05) is 13.1 Å². The molecule has 0 aliphatic carbocycles. The molecule has 1 amide bonds. The zero-order valence-corrected chi connectivity index (χ0v) is 14.2. The maximum Gasteiger partial charge on any atom is 0.223 e. The minimum absolute atomic E-state index is 0.0622. The highest BCUT2D eigenvalue weighted by Gasteiger charge is 2.25. The predicted molar refractivity (Wildman–Crippen MR) is 95.2 cm³/mol. The molecule has 1 aliphatic heterocycles. The number of hydrogen-bond acceptors (Lipinski definition) is 3. The molecule has 1 unspecified atom stereocenters. The van der Waals surface area contributed by atoms with Crippen LogP contribution in [0.25, 0.3) is 0 Å². The van der Waals surface area contributed by atoms with Crippen LogP contribution in [-0.4, -0.2) is 28.9 Å². The van der Waals surface area contributed by atoms with Crippen molar-refractivity contribution in [3.05, 3.63) is 66.0 Å². The first-order valence-electron chi connectivity index (χ1n) is 8.69. The molecular weight excluding hydrogens is 298 g/mol. The maximum absolute atomic E-state index is 12.5. The number of aromatic nitrogens is 1. The van der Waals surface area contributed by atoms with Crippen LogP contribution in [0.1, 0.15) is 36.9 Å². The van der Waals surface area contributed by atoms with E-state index in [1.807, 2.05) is 37.4 Å². The zero-order valence-electron chi connectivity index (χ0n) is 14.2. The van der Waals surface area contributed by atoms with Crippen LogP contribution in [0.5, 0.6) is 0 Å². The van der Waals surface area contributed by atoms with Gasteiger partial charge in [0.15, 0.2) is 0 Å². The third-order valence-electron chi connectivity index (χ3n) is 4.75. The van der Waals surface area contributed by atoms with Gasteiger partial charge in [-0.25, -0.2) is 0 Å². The maximum atomic E-state index is 12.5. The standard InChI is InChI=1S/C20H25N3O/c1-16(18-7-3-2-4-8-18)22-20(24)19-9-12-23(13-10-19)15-17-6-5-11-21-14-17/h2-8,11,14,16,19H,9-10,12-13,15H2,1H3,(H,22,24). The molecule has 2 heterocycles. The monoisotopic (exact) mass is 323 g/mol. The van der Waals surface area contributed by atoms with Crippen LogP contribution in [0.15, 0.2) is 54.9 Å². The van der Waals surface area contributed by atoms with Crippen LogP contribution >= 0.6 is 0 Å². The van der Waals surface area contributed by atoms with Gasteiger partial charge in [0.1, 0.15) is 0 Å². The number of amides is 1. The van der Waals surface area contributed by atoms with Crippen molar-refractivity contribution in [1.29, 1.82) is 0 Å². The smallest absolute Gasteiger partial charge is 0.223 e. The fourth-order valence-corrected chi connectivity index (χ4v) is 3.26. The third-order valence-corrected chi connectivity index (χ3v) is 4.75. The molecule has 4 nitrogen and oxygen atoms in total. The molecule has 1 atom stereocenters. The number of nitrogens with one attached hydrogen (secondary N) is 1. The van der Waals surface area contributed by atoms with E-state index >= 15 is 0 Å². The van der Waals surface area contributed by atoms with Gasteiger partial charge in [-0.15, -0.1) is 0 Å². The number of piperidine rings is 1. The summed E-state index contributed by atoms with van der Waals surface area (Å²) in [6.07, 6.45) is 5.57. The Morgan fingerprint density at radius 1 is 1.21 bits per heavy atom. The van der Waals surface area contributed by atoms with E-state index in [1.54, 1.807) is 6.20 Å². The fraction of sp³-hybridized carbons (Fsp3) is 0.400. The molecular formula is C20H25N3O. The number of rotatable bonds is 5. The second-order valence-electron chi connectivity index (χ2n) is 6.55. The van der Waals surface area contributed by atoms with Gasteiger partial charge in [0, 0.05) is 24.9 Å². The van der Waals surface area contributed by atoms with Gasteiger partial charge in [-0.2, -0.15) is 0 Å². The van der Waals surface area contributed by atoms with Crippen LogP contribution in [0, 0.1) is 5.92 Å². The minimum Gasteiger partial charge on any atom is -0.349 e. The van der Waals surface area contributed by atoms with Crippen LogP contribution < -0.4 is 5.32 Å². The summed E-state index contributed by atoms with van der Waals surface area (Å²) >= 11 is 0. The molecule has 0 radical (unpaired) electrons. The molecule has 1 N–H and O–H groups in total. The summed E-state index contributed by atoms with van der Waals surface area (Å²) in [5.74, 6) is 0.314. The summed E-state index contributed by atoms with van der Waals surface area (Å²) < 4.78 is 0. The number of carbonyl (C=O) groups is 1. The summed E-state index contributed by atoms with van der Waals surface area (Å²) in [5.41, 5.74) is 2.39. The largest absolute Gasteiger partial charge is 0.349 e. The van der Waals surface area contributed by atoms with E-state index in [-0.39, 0.29) is 17.9 Å². The first-order valence-corrected chi connectivity index (χ1v) is 8.69. The van der Waals surface area contributed by atoms with Gasteiger partial charge in [-0.05, 0) is 50.0 Å². The highest BCUT2D eigenvalue weighted by molar-refractivity contribution is 5.79. The Kier molecular flexibility index (Phi) is 5.59. The number of hydrogen-bond donors (Lipinski definition) is 1. The lowest BCUT2D eigenvalue weighted by atomic mass is 9.95. The summed E-state index contributed by atoms with van der Waals surface area (Å²) in [6, 6.07) is 14.3. The van der Waals surface area contributed by atoms with E-state index in [2.05, 4.69) is 33.4 Å². The van der Waals surface area contributed by atoms with Crippen molar-refractivity contribution in [1.82, 2.24) is 15.2 Å². The quantitative estimate of drug-likeness (QED) is 0.919. The third kappa shape index (κ3) is 4.42. The Balaban J connectivity index is 1.47. The van der Waals surface area contributed by atoms with Crippen molar-refractivity contribution in [2.24, 2.45) is 5.92 Å². The van der Waals surface area contributed by atoms with Crippen molar-refractivity contribution < 1.29 is 4.79 Å². The molecule has 0 spiro atoms. The Bertz CT molecular complexity index is 636. The van der Waals surface area contributed by atoms with Crippen molar-refractivity contribution in [2.45, 2.75) is 32.4 Å². The molecule has 1 aliphatic rings. The Labute approximate surface area is 143 Å². The lowest BCUT2D eigenvalue weighted by Gasteiger charge is -2.31. The number of nitrogens with zero attached hydrogens (tertiary/aromatic N) is 2. The van der Waals surface area contributed by atoms with Gasteiger partial charge in [-0.1, -0.05) is 36.4 Å². The van der Waals surface area contributed by atoms with E-state index in [4.69, 9.17) is 0 Å². The van der Waals surface area contributed by atoms with E-state index in [0.29, 0.717) is 0 Å². The number of benzene rings is 1. The predicted octanol–water partition coefficient (Wildman–Crippen LogP) is 3.17. The average molecular weight is 323 g/mol. The molecule has 0 saturated carbocycles. The molecule has 0 bridgehead atoms. The lowest BCUT2D eigenvalue weighted by Crippen LogP contribution is -2.40. The van der Waals surface area contributed by atoms with Crippen molar-refractivity contribution in [3.63, 3.8) is 0 Å². The van der Waals surface area contributed by atoms with Gasteiger partial charge in [0.05, 0.1) is 6.04 Å². The number of likely N-dealkylation sites (tertiary alicyclic amines) is 1. The Hall–Kier alpha value is -2.20. The van der Waals surface area contributed by atoms with E-state index in [9.17, 15) is 4.79 Å². The topological polar surface area (TPSA) is 45.2 Å². The van der Waals surface area contributed by atoms with Crippen LogP contribution in [0.3, 0.4) is 0 Å². The lowest BCUT2D eigenvalue weighted by molar-refractivity contribution is -0.127. The van der Waals surface area contributed by atoms with Gasteiger partial charge < -0.3 is 5.32 Å². The van der Waals surface area contributed by atoms with Crippen molar-refractivity contribution in [3.8, 4) is 0 Å². The van der Waals surface area contributed by atoms with Crippen molar-refractivity contribution >= 4 is 5.91 Å². The summed E-state index contributed by atoms with van der Waals surface area (Å²) in [4.78, 5) is 19.1. The van der Waals surface area contributed by atoms with Gasteiger partial charge in [0.25, 0.3) is 0 Å². The fourth-order valence-electron chi connectivity index (χ4n) is 3.26. The van der Waals surface area contributed by atoms with E-state index in [0.717, 1.165) is 38.0 Å². The first-order chi connectivity index (χ1) is 11.7. The molecule has 1 fully saturated rings. The molecule has 3 rings (SSSR count). The Morgan fingerprint density at radius 2 is 1.96 bits per heavy atom. The highest BCUT2D eigenvalue weighted by Crippen LogP contribution is 2.20. The summed E-state index contributed by atoms with van der Waals surface area (Å²) in [5, 5.41) is 3.16. The van der Waals surface area contributed by atoms with Gasteiger partial charge in [-0.3, -0.25) is 14.7 Å². The summed E-state index contributed by atoms with van der Waals surface area (Å²) in [7, 11) is 0. The minimum atomic E-state index is 0.0622. The second-order valence-corrected chi connectivity index (χ2v) is 6.55. The van der Waals surface area contributed by atoms with Crippen LogP contribution in [0.4, 0.5) is 0 Å². The molecule has 24 heavy (non-hydrogen) atoms. The molecule has 1 saturated heterocycles. The molecule has 126 valence electrons. The van der Waals surface area contributed by atoms with Gasteiger partial charge >= 0.3 is 0 Å². The van der Waals surface area contributed by atoms with E-state index in [1.165, 1.54) is 5.56 Å². The molecule has 2 aromatic rings. The Morgan fingerprint density at radius 3 is 2.62 bits per heavy atom. The first kappa shape index (κ1) is 16.7. The molecule has 1 aromatic heterocycles. The van der Waals surface area contributed by atoms with Crippen LogP contribution in [0.2, 0.25) is 0 Å². The van der Waals surface area contributed by atoms with Crippen LogP contribution in [-0.2, 0) is 11.3 Å². The van der Waals surface area contributed by atoms with Gasteiger partial charge in [0.2, 0.25) is 5.91 Å². The number of pyridine rings is 1. The summed E-state index contributed by atoms with van der Waals surface area (Å²) in [6.45, 7) is 4.90. The normalized spacial score (nSPS) is 17.4. The molecule has 4 heteroatoms. The SMILES string of the molecule is CC(NC(=O)C1CCN(Cc2cccnc2)CC1)c1ccccc1. The van der Waals surface area contributed by atoms with E-state index < -0.39 is 0 Å². The average Bonchev–Trinajstić information content (AvgIpc) is 2.64. The second kappa shape index (κ2) is 8.06. The highest BCUT2D eigenvalue weighted by atomic mass is 16.1. The zero-order chi connectivity index (χ0) is 16.8.